The SMILES string of the molecule is Cc1ccc(CCC(=O)N2CCN(S(=O)(=O)c3c(C)noc3C)CC2)c(C)c1. The van der Waals surface area contributed by atoms with Crippen LogP contribution in [0.25, 0.3) is 0 Å². The van der Waals surface area contributed by atoms with E-state index >= 15 is 0 Å². The summed E-state index contributed by atoms with van der Waals surface area (Å²) in [5.41, 5.74) is 3.95. The number of piperazine rings is 1. The van der Waals surface area contributed by atoms with E-state index in [0.29, 0.717) is 37.4 Å². The van der Waals surface area contributed by atoms with Crippen molar-refractivity contribution in [3.8, 4) is 0 Å². The largest absolute Gasteiger partial charge is 0.360 e. The highest BCUT2D eigenvalue weighted by Crippen LogP contribution is 2.24. The first-order valence-corrected chi connectivity index (χ1v) is 10.9. The highest BCUT2D eigenvalue weighted by molar-refractivity contribution is 7.89. The molecule has 1 fully saturated rings. The summed E-state index contributed by atoms with van der Waals surface area (Å²) in [7, 11) is -3.66. The fraction of sp³-hybridized carbons (Fsp3) is 0.500. The number of carbonyl (C=O) groups is 1. The molecular formula is C20H27N3O4S. The Morgan fingerprint density at radius 1 is 1.11 bits per heavy atom. The molecule has 0 bridgehead atoms. The van der Waals surface area contributed by atoms with E-state index in [1.165, 1.54) is 21.0 Å². The van der Waals surface area contributed by atoms with Crippen LogP contribution in [0.4, 0.5) is 0 Å². The number of benzene rings is 1. The molecule has 1 aliphatic rings. The van der Waals surface area contributed by atoms with Crippen LogP contribution in [-0.2, 0) is 21.2 Å². The van der Waals surface area contributed by atoms with Crippen molar-refractivity contribution in [1.29, 1.82) is 0 Å². The van der Waals surface area contributed by atoms with Gasteiger partial charge >= 0.3 is 0 Å². The molecule has 1 aromatic carbocycles. The van der Waals surface area contributed by atoms with Gasteiger partial charge in [-0.05, 0) is 45.2 Å². The summed E-state index contributed by atoms with van der Waals surface area (Å²) in [5.74, 6) is 0.360. The van der Waals surface area contributed by atoms with E-state index in [2.05, 4.69) is 37.2 Å². The van der Waals surface area contributed by atoms with Crippen molar-refractivity contribution in [2.24, 2.45) is 0 Å². The zero-order valence-electron chi connectivity index (χ0n) is 16.9. The summed E-state index contributed by atoms with van der Waals surface area (Å²) in [6, 6.07) is 6.26. The van der Waals surface area contributed by atoms with Gasteiger partial charge in [-0.15, -0.1) is 0 Å². The molecular weight excluding hydrogens is 378 g/mol. The molecule has 0 aliphatic carbocycles. The number of hydrogen-bond acceptors (Lipinski definition) is 5. The van der Waals surface area contributed by atoms with Gasteiger partial charge in [-0.3, -0.25) is 4.79 Å². The lowest BCUT2D eigenvalue weighted by molar-refractivity contribution is -0.132. The third-order valence-electron chi connectivity index (χ3n) is 5.26. The van der Waals surface area contributed by atoms with Gasteiger partial charge in [0.25, 0.3) is 0 Å². The van der Waals surface area contributed by atoms with Gasteiger partial charge in [0, 0.05) is 32.6 Å². The summed E-state index contributed by atoms with van der Waals surface area (Å²) in [6.07, 6.45) is 1.13. The minimum absolute atomic E-state index is 0.0642. The molecule has 0 unspecified atom stereocenters. The van der Waals surface area contributed by atoms with E-state index in [1.54, 1.807) is 18.7 Å². The highest BCUT2D eigenvalue weighted by Gasteiger charge is 2.34. The average Bonchev–Trinajstić information content (AvgIpc) is 3.00. The van der Waals surface area contributed by atoms with Crippen LogP contribution in [0.1, 0.15) is 34.6 Å². The molecule has 3 rings (SSSR count). The van der Waals surface area contributed by atoms with E-state index in [-0.39, 0.29) is 23.9 Å². The molecule has 2 aromatic rings. The van der Waals surface area contributed by atoms with E-state index in [4.69, 9.17) is 4.52 Å². The highest BCUT2D eigenvalue weighted by atomic mass is 32.2. The van der Waals surface area contributed by atoms with Gasteiger partial charge in [0.1, 0.15) is 10.6 Å². The number of carbonyl (C=O) groups excluding carboxylic acids is 1. The first-order valence-electron chi connectivity index (χ1n) is 9.47. The Balaban J connectivity index is 1.58. The van der Waals surface area contributed by atoms with Crippen LogP contribution in [0.2, 0.25) is 0 Å². The van der Waals surface area contributed by atoms with Crippen LogP contribution in [0, 0.1) is 27.7 Å². The molecule has 8 heteroatoms. The van der Waals surface area contributed by atoms with E-state index < -0.39 is 10.0 Å². The number of aryl methyl sites for hydroxylation is 5. The lowest BCUT2D eigenvalue weighted by Crippen LogP contribution is -2.50. The van der Waals surface area contributed by atoms with Gasteiger partial charge in [0.15, 0.2) is 5.76 Å². The van der Waals surface area contributed by atoms with Crippen molar-refractivity contribution >= 4 is 15.9 Å². The maximum Gasteiger partial charge on any atom is 0.248 e. The molecule has 1 saturated heterocycles. The molecule has 2 heterocycles. The van der Waals surface area contributed by atoms with Crippen molar-refractivity contribution < 1.29 is 17.7 Å². The Morgan fingerprint density at radius 2 is 1.79 bits per heavy atom. The number of nitrogens with zero attached hydrogens (tertiary/aromatic N) is 3. The topological polar surface area (TPSA) is 83.7 Å². The van der Waals surface area contributed by atoms with E-state index in [0.717, 1.165) is 0 Å². The van der Waals surface area contributed by atoms with E-state index in [9.17, 15) is 13.2 Å². The second-order valence-corrected chi connectivity index (χ2v) is 9.24. The minimum atomic E-state index is -3.66. The smallest absolute Gasteiger partial charge is 0.248 e. The number of sulfonamides is 1. The maximum atomic E-state index is 12.9. The quantitative estimate of drug-likeness (QED) is 0.763. The third kappa shape index (κ3) is 4.12. The van der Waals surface area contributed by atoms with Crippen LogP contribution in [0.5, 0.6) is 0 Å². The molecule has 0 saturated carbocycles. The van der Waals surface area contributed by atoms with Gasteiger partial charge in [-0.1, -0.05) is 28.9 Å². The molecule has 7 nitrogen and oxygen atoms in total. The predicted molar refractivity (Wildman–Crippen MR) is 106 cm³/mol. The van der Waals surface area contributed by atoms with Crippen molar-refractivity contribution in [2.45, 2.75) is 45.4 Å². The minimum Gasteiger partial charge on any atom is -0.360 e. The molecule has 1 aliphatic heterocycles. The van der Waals surface area contributed by atoms with Crippen LogP contribution >= 0.6 is 0 Å². The normalized spacial score (nSPS) is 15.8. The van der Waals surface area contributed by atoms with Crippen LogP contribution in [-0.4, -0.2) is 54.9 Å². The maximum absolute atomic E-state index is 12.9. The molecule has 152 valence electrons. The molecule has 1 amide bonds. The fourth-order valence-corrected chi connectivity index (χ4v) is 5.39. The Hall–Kier alpha value is -2.19. The number of hydrogen-bond donors (Lipinski definition) is 0. The second kappa shape index (κ2) is 8.05. The molecule has 0 spiro atoms. The molecule has 0 radical (unpaired) electrons. The van der Waals surface area contributed by atoms with Crippen molar-refractivity contribution in [1.82, 2.24) is 14.4 Å². The number of aromatic nitrogens is 1. The van der Waals surface area contributed by atoms with Gasteiger partial charge in [-0.25, -0.2) is 8.42 Å². The lowest BCUT2D eigenvalue weighted by atomic mass is 10.0. The van der Waals surface area contributed by atoms with Gasteiger partial charge in [-0.2, -0.15) is 4.31 Å². The molecule has 28 heavy (non-hydrogen) atoms. The number of amides is 1. The summed E-state index contributed by atoms with van der Waals surface area (Å²) in [6.45, 7) is 8.69. The first kappa shape index (κ1) is 20.5. The zero-order chi connectivity index (χ0) is 20.5. The van der Waals surface area contributed by atoms with Crippen LogP contribution in [0.3, 0.4) is 0 Å². The number of rotatable bonds is 5. The summed E-state index contributed by atoms with van der Waals surface area (Å²) >= 11 is 0. The van der Waals surface area contributed by atoms with Gasteiger partial charge in [0.2, 0.25) is 15.9 Å². The van der Waals surface area contributed by atoms with Crippen molar-refractivity contribution in [3.63, 3.8) is 0 Å². The molecule has 1 aromatic heterocycles. The van der Waals surface area contributed by atoms with Crippen molar-refractivity contribution in [3.05, 3.63) is 46.3 Å². The molecule has 0 atom stereocenters. The van der Waals surface area contributed by atoms with Crippen LogP contribution < -0.4 is 0 Å². The fourth-order valence-electron chi connectivity index (χ4n) is 3.68. The Labute approximate surface area is 166 Å². The lowest BCUT2D eigenvalue weighted by Gasteiger charge is -2.34. The zero-order valence-corrected chi connectivity index (χ0v) is 17.7. The average molecular weight is 406 g/mol. The molecule has 0 N–H and O–H groups in total. The second-order valence-electron chi connectivity index (χ2n) is 7.37. The van der Waals surface area contributed by atoms with Crippen LogP contribution in [0.15, 0.2) is 27.6 Å². The van der Waals surface area contributed by atoms with Crippen molar-refractivity contribution in [2.75, 3.05) is 26.2 Å². The standard InChI is InChI=1S/C20H27N3O4S/c1-14-5-6-18(15(2)13-14)7-8-19(24)22-9-11-23(12-10-22)28(25,26)20-16(3)21-27-17(20)4/h5-6,13H,7-12H2,1-4H3. The Morgan fingerprint density at radius 3 is 2.36 bits per heavy atom. The Kier molecular flexibility index (Phi) is 5.90. The summed E-state index contributed by atoms with van der Waals surface area (Å²) in [5, 5.41) is 3.74. The monoisotopic (exact) mass is 405 g/mol. The van der Waals surface area contributed by atoms with Gasteiger partial charge < -0.3 is 9.42 Å². The van der Waals surface area contributed by atoms with E-state index in [1.807, 2.05) is 0 Å². The predicted octanol–water partition coefficient (Wildman–Crippen LogP) is 2.37. The third-order valence-corrected chi connectivity index (χ3v) is 7.41. The summed E-state index contributed by atoms with van der Waals surface area (Å²) in [4.78, 5) is 14.5. The Bertz CT molecular complexity index is 954. The summed E-state index contributed by atoms with van der Waals surface area (Å²) < 4.78 is 32.1. The van der Waals surface area contributed by atoms with Gasteiger partial charge in [0.05, 0.1) is 0 Å². The first-order chi connectivity index (χ1) is 13.2.